The molecule has 0 spiro atoms. The number of likely N-dealkylation sites (N-methyl/N-ethyl adjacent to an activating group) is 1. The van der Waals surface area contributed by atoms with Gasteiger partial charge in [-0.25, -0.2) is 8.42 Å². The van der Waals surface area contributed by atoms with Crippen molar-refractivity contribution in [3.05, 3.63) is 60.3 Å². The molecule has 0 radical (unpaired) electrons. The van der Waals surface area contributed by atoms with Gasteiger partial charge in [-0.2, -0.15) is 0 Å². The Kier molecular flexibility index (Phi) is 5.56. The largest absolute Gasteiger partial charge is 0.367 e. The van der Waals surface area contributed by atoms with E-state index in [-0.39, 0.29) is 0 Å². The van der Waals surface area contributed by atoms with Gasteiger partial charge < -0.3 is 9.80 Å². The van der Waals surface area contributed by atoms with Gasteiger partial charge in [-0.05, 0) is 42.8 Å². The zero-order chi connectivity index (χ0) is 20.4. The van der Waals surface area contributed by atoms with Gasteiger partial charge in [0.25, 0.3) is 0 Å². The lowest BCUT2D eigenvalue weighted by atomic mass is 10.1. The predicted octanol–water partition coefficient (Wildman–Crippen LogP) is 3.77. The average Bonchev–Trinajstić information content (AvgIpc) is 2.78. The zero-order valence-corrected chi connectivity index (χ0v) is 17.8. The van der Waals surface area contributed by atoms with E-state index in [0.29, 0.717) is 9.79 Å². The highest BCUT2D eigenvalue weighted by molar-refractivity contribution is 7.91. The Balaban J connectivity index is 1.92. The summed E-state index contributed by atoms with van der Waals surface area (Å²) >= 11 is 0. The third-order valence-corrected chi connectivity index (χ3v) is 7.53. The number of piperazine rings is 1. The van der Waals surface area contributed by atoms with Crippen LogP contribution in [0.5, 0.6) is 0 Å². The summed E-state index contributed by atoms with van der Waals surface area (Å²) in [7, 11) is -3.67. The number of sulfone groups is 1. The first-order chi connectivity index (χ1) is 14.0. The molecule has 29 heavy (non-hydrogen) atoms. The average molecular weight is 410 g/mol. The molecule has 0 bridgehead atoms. The van der Waals surface area contributed by atoms with E-state index < -0.39 is 9.84 Å². The molecular formula is C23H27N3O2S. The predicted molar refractivity (Wildman–Crippen MR) is 117 cm³/mol. The molecule has 1 saturated heterocycles. The molecule has 0 atom stereocenters. The summed E-state index contributed by atoms with van der Waals surface area (Å²) < 4.78 is 27.1. The zero-order valence-electron chi connectivity index (χ0n) is 17.0. The Morgan fingerprint density at radius 3 is 2.34 bits per heavy atom. The van der Waals surface area contributed by atoms with Crippen molar-refractivity contribution in [3.8, 4) is 0 Å². The molecule has 1 aliphatic rings. The standard InChI is InChI=1S/C23H27N3O2S/c1-3-18-10-11-21-20(16-18)23(26-14-12-25(4-2)13-15-26)22(17-24-21)29(27,28)19-8-6-5-7-9-19/h5-11,16-17H,3-4,12-15H2,1-2H3. The van der Waals surface area contributed by atoms with E-state index in [9.17, 15) is 8.42 Å². The molecule has 5 nitrogen and oxygen atoms in total. The number of hydrogen-bond acceptors (Lipinski definition) is 5. The van der Waals surface area contributed by atoms with Crippen LogP contribution in [0.3, 0.4) is 0 Å². The molecule has 1 fully saturated rings. The van der Waals surface area contributed by atoms with E-state index in [2.05, 4.69) is 40.8 Å². The third-order valence-electron chi connectivity index (χ3n) is 5.76. The molecule has 2 aromatic carbocycles. The molecule has 1 aromatic heterocycles. The van der Waals surface area contributed by atoms with E-state index in [4.69, 9.17) is 0 Å². The lowest BCUT2D eigenvalue weighted by molar-refractivity contribution is 0.271. The van der Waals surface area contributed by atoms with Crippen LogP contribution in [0, 0.1) is 0 Å². The highest BCUT2D eigenvalue weighted by atomic mass is 32.2. The van der Waals surface area contributed by atoms with Crippen LogP contribution in [-0.4, -0.2) is 51.0 Å². The molecule has 152 valence electrons. The summed E-state index contributed by atoms with van der Waals surface area (Å²) in [5, 5.41) is 0.923. The van der Waals surface area contributed by atoms with Crippen molar-refractivity contribution in [2.45, 2.75) is 30.1 Å². The molecule has 0 saturated carbocycles. The smallest absolute Gasteiger partial charge is 0.210 e. The third kappa shape index (κ3) is 3.74. The minimum Gasteiger partial charge on any atom is -0.367 e. The first-order valence-electron chi connectivity index (χ1n) is 10.2. The number of pyridine rings is 1. The van der Waals surface area contributed by atoms with Gasteiger partial charge in [0.05, 0.1) is 16.1 Å². The van der Waals surface area contributed by atoms with Crippen LogP contribution in [0.15, 0.2) is 64.5 Å². The second kappa shape index (κ2) is 8.13. The fraction of sp³-hybridized carbons (Fsp3) is 0.348. The number of anilines is 1. The first kappa shape index (κ1) is 19.9. The van der Waals surface area contributed by atoms with Crippen molar-refractivity contribution < 1.29 is 8.42 Å². The number of rotatable bonds is 5. The molecule has 0 amide bonds. The van der Waals surface area contributed by atoms with Crippen molar-refractivity contribution in [1.29, 1.82) is 0 Å². The van der Waals surface area contributed by atoms with Gasteiger partial charge >= 0.3 is 0 Å². The van der Waals surface area contributed by atoms with Crippen LogP contribution in [0.1, 0.15) is 19.4 Å². The second-order valence-electron chi connectivity index (χ2n) is 7.41. The quantitative estimate of drug-likeness (QED) is 0.642. The SMILES string of the molecule is CCc1ccc2ncc(S(=O)(=O)c3ccccc3)c(N3CCN(CC)CC3)c2c1. The molecule has 3 aromatic rings. The Morgan fingerprint density at radius 2 is 1.69 bits per heavy atom. The second-order valence-corrected chi connectivity index (χ2v) is 9.33. The maximum absolute atomic E-state index is 13.5. The normalized spacial score (nSPS) is 15.7. The van der Waals surface area contributed by atoms with E-state index in [1.807, 2.05) is 12.1 Å². The number of benzene rings is 2. The summed E-state index contributed by atoms with van der Waals surface area (Å²) in [6, 6.07) is 14.8. The van der Waals surface area contributed by atoms with Crippen molar-refractivity contribution in [3.63, 3.8) is 0 Å². The number of aromatic nitrogens is 1. The Hall–Kier alpha value is -2.44. The molecule has 2 heterocycles. The highest BCUT2D eigenvalue weighted by Crippen LogP contribution is 2.36. The van der Waals surface area contributed by atoms with Gasteiger partial charge in [0.15, 0.2) is 0 Å². The minimum absolute atomic E-state index is 0.300. The van der Waals surface area contributed by atoms with Crippen molar-refractivity contribution >= 4 is 26.4 Å². The van der Waals surface area contributed by atoms with Crippen LogP contribution in [0.2, 0.25) is 0 Å². The van der Waals surface area contributed by atoms with Gasteiger partial charge in [-0.3, -0.25) is 4.98 Å². The highest BCUT2D eigenvalue weighted by Gasteiger charge is 2.28. The molecule has 6 heteroatoms. The topological polar surface area (TPSA) is 53.5 Å². The van der Waals surface area contributed by atoms with Gasteiger partial charge in [-0.1, -0.05) is 38.1 Å². The van der Waals surface area contributed by atoms with Gasteiger partial charge in [-0.15, -0.1) is 0 Å². The van der Waals surface area contributed by atoms with Gasteiger partial charge in [0.1, 0.15) is 4.90 Å². The van der Waals surface area contributed by atoms with E-state index in [1.165, 1.54) is 11.8 Å². The maximum Gasteiger partial charge on any atom is 0.210 e. The summed E-state index contributed by atoms with van der Waals surface area (Å²) in [5.74, 6) is 0. The van der Waals surface area contributed by atoms with E-state index in [1.54, 1.807) is 24.3 Å². The first-order valence-corrected chi connectivity index (χ1v) is 11.7. The van der Waals surface area contributed by atoms with Crippen LogP contribution in [0.25, 0.3) is 10.9 Å². The number of nitrogens with zero attached hydrogens (tertiary/aromatic N) is 3. The van der Waals surface area contributed by atoms with Gasteiger partial charge in [0.2, 0.25) is 9.84 Å². The molecule has 0 unspecified atom stereocenters. The number of aryl methyl sites for hydroxylation is 1. The van der Waals surface area contributed by atoms with Crippen LogP contribution in [0.4, 0.5) is 5.69 Å². The van der Waals surface area contributed by atoms with Crippen LogP contribution < -0.4 is 4.90 Å². The Bertz CT molecular complexity index is 1110. The summed E-state index contributed by atoms with van der Waals surface area (Å²) in [6.07, 6.45) is 2.44. The fourth-order valence-corrected chi connectivity index (χ4v) is 5.42. The Morgan fingerprint density at radius 1 is 0.966 bits per heavy atom. The maximum atomic E-state index is 13.5. The molecule has 1 aliphatic heterocycles. The van der Waals surface area contributed by atoms with Crippen LogP contribution in [-0.2, 0) is 16.3 Å². The molecule has 0 N–H and O–H groups in total. The van der Waals surface area contributed by atoms with Crippen LogP contribution >= 0.6 is 0 Å². The molecular weight excluding hydrogens is 382 g/mol. The minimum atomic E-state index is -3.67. The van der Waals surface area contributed by atoms with Crippen molar-refractivity contribution in [2.75, 3.05) is 37.6 Å². The van der Waals surface area contributed by atoms with Crippen molar-refractivity contribution in [2.24, 2.45) is 0 Å². The van der Waals surface area contributed by atoms with E-state index >= 15 is 0 Å². The molecule has 0 aliphatic carbocycles. The van der Waals surface area contributed by atoms with E-state index in [0.717, 1.165) is 55.7 Å². The number of hydrogen-bond donors (Lipinski definition) is 0. The Labute approximate surface area is 172 Å². The van der Waals surface area contributed by atoms with Gasteiger partial charge in [0, 0.05) is 37.8 Å². The summed E-state index contributed by atoms with van der Waals surface area (Å²) in [6.45, 7) is 8.76. The summed E-state index contributed by atoms with van der Waals surface area (Å²) in [4.78, 5) is 9.75. The lowest BCUT2D eigenvalue weighted by Gasteiger charge is -2.36. The summed E-state index contributed by atoms with van der Waals surface area (Å²) in [5.41, 5.74) is 2.81. The monoisotopic (exact) mass is 409 g/mol. The number of fused-ring (bicyclic) bond motifs is 1. The van der Waals surface area contributed by atoms with Crippen molar-refractivity contribution in [1.82, 2.24) is 9.88 Å². The lowest BCUT2D eigenvalue weighted by Crippen LogP contribution is -2.46. The fourth-order valence-electron chi connectivity index (χ4n) is 3.96. The molecule has 4 rings (SSSR count).